The summed E-state index contributed by atoms with van der Waals surface area (Å²) in [7, 11) is 0. The number of nitrogens with zero attached hydrogens (tertiary/aromatic N) is 5. The van der Waals surface area contributed by atoms with Crippen molar-refractivity contribution in [3.63, 3.8) is 0 Å². The Labute approximate surface area is 283 Å². The number of hydrogen-bond acceptors (Lipinski definition) is 7. The van der Waals surface area contributed by atoms with E-state index in [1.807, 2.05) is 25.7 Å². The first-order valence-corrected chi connectivity index (χ1v) is 18.0. The molecule has 0 saturated carbocycles. The predicted octanol–water partition coefficient (Wildman–Crippen LogP) is 7.27. The molecule has 3 aromatic rings. The van der Waals surface area contributed by atoms with Crippen LogP contribution in [0.4, 0.5) is 14.9 Å². The molecular weight excluding hydrogens is 605 g/mol. The molecule has 9 heteroatoms. The Morgan fingerprint density at radius 2 is 1.94 bits per heavy atom. The van der Waals surface area contributed by atoms with E-state index < -0.39 is 11.8 Å². The van der Waals surface area contributed by atoms with Gasteiger partial charge in [0.1, 0.15) is 18.4 Å². The molecule has 2 unspecified atom stereocenters. The molecule has 5 aliphatic heterocycles. The largest absolute Gasteiger partial charge is 0.461 e. The topological polar surface area (TPSA) is 71.0 Å². The van der Waals surface area contributed by atoms with Gasteiger partial charge in [0, 0.05) is 42.2 Å². The number of fused-ring (bicyclic) bond motifs is 5. The van der Waals surface area contributed by atoms with Gasteiger partial charge in [-0.2, -0.15) is 9.97 Å². The Kier molecular flexibility index (Phi) is 7.89. The highest BCUT2D eigenvalue weighted by Gasteiger charge is 2.49. The van der Waals surface area contributed by atoms with Gasteiger partial charge in [-0.15, -0.1) is 0 Å². The van der Waals surface area contributed by atoms with Crippen molar-refractivity contribution in [1.29, 1.82) is 0 Å². The smallest absolute Gasteiger partial charge is 0.411 e. The van der Waals surface area contributed by atoms with E-state index in [1.165, 1.54) is 33.2 Å². The number of carbonyl (C=O) groups excluding carboxylic acids is 1. The molecule has 8 rings (SSSR count). The zero-order valence-electron chi connectivity index (χ0n) is 28.8. The molecule has 5 aliphatic rings. The average molecular weight is 654 g/mol. The molecule has 2 bridgehead atoms. The molecule has 254 valence electrons. The summed E-state index contributed by atoms with van der Waals surface area (Å²) in [5, 5.41) is 2.57. The number of carbonyl (C=O) groups is 1. The van der Waals surface area contributed by atoms with Crippen LogP contribution in [0, 0.1) is 0 Å². The van der Waals surface area contributed by atoms with E-state index in [4.69, 9.17) is 19.4 Å². The summed E-state index contributed by atoms with van der Waals surface area (Å²) in [6.45, 7) is 11.3. The van der Waals surface area contributed by atoms with E-state index in [0.29, 0.717) is 32.1 Å². The maximum atomic E-state index is 14.6. The van der Waals surface area contributed by atoms with Crippen molar-refractivity contribution in [3.05, 3.63) is 65.0 Å². The van der Waals surface area contributed by atoms with Crippen molar-refractivity contribution < 1.29 is 18.7 Å². The minimum atomic E-state index is -0.813. The Morgan fingerprint density at radius 1 is 1.10 bits per heavy atom. The summed E-state index contributed by atoms with van der Waals surface area (Å²) in [5.74, 6) is 0. The molecule has 1 amide bonds. The molecule has 48 heavy (non-hydrogen) atoms. The summed E-state index contributed by atoms with van der Waals surface area (Å²) < 4.78 is 26.9. The van der Waals surface area contributed by atoms with Gasteiger partial charge in [0.25, 0.3) is 0 Å². The number of aryl methyl sites for hydroxylation is 1. The minimum Gasteiger partial charge on any atom is -0.461 e. The Bertz CT molecular complexity index is 1770. The van der Waals surface area contributed by atoms with Crippen LogP contribution in [0.5, 0.6) is 6.01 Å². The molecule has 0 spiro atoms. The lowest BCUT2D eigenvalue weighted by Crippen LogP contribution is -2.45. The highest BCUT2D eigenvalue weighted by molar-refractivity contribution is 5.97. The summed E-state index contributed by atoms with van der Waals surface area (Å²) in [6, 6.07) is 13.6. The van der Waals surface area contributed by atoms with Crippen LogP contribution in [0.25, 0.3) is 16.3 Å². The van der Waals surface area contributed by atoms with E-state index >= 15 is 0 Å². The van der Waals surface area contributed by atoms with Crippen LogP contribution in [0.2, 0.25) is 0 Å². The molecule has 0 radical (unpaired) electrons. The second-order valence-electron chi connectivity index (χ2n) is 15.5. The number of anilines is 1. The molecule has 8 nitrogen and oxygen atoms in total. The predicted molar refractivity (Wildman–Crippen MR) is 186 cm³/mol. The highest BCUT2D eigenvalue weighted by Crippen LogP contribution is 2.43. The van der Waals surface area contributed by atoms with Gasteiger partial charge in [0.15, 0.2) is 0 Å². The first-order chi connectivity index (χ1) is 23.1. The minimum absolute atomic E-state index is 0.0160. The summed E-state index contributed by atoms with van der Waals surface area (Å²) in [5.41, 5.74) is 6.07. The molecule has 3 saturated heterocycles. The molecule has 0 aliphatic carbocycles. The van der Waals surface area contributed by atoms with E-state index in [9.17, 15) is 9.18 Å². The summed E-state index contributed by atoms with van der Waals surface area (Å²) in [4.78, 5) is 30.1. The van der Waals surface area contributed by atoms with E-state index in [0.717, 1.165) is 69.4 Å². The molecule has 4 atom stereocenters. The fraction of sp³-hybridized carbons (Fsp3) is 0.564. The zero-order valence-corrected chi connectivity index (χ0v) is 28.8. The summed E-state index contributed by atoms with van der Waals surface area (Å²) >= 11 is 0. The number of hydrogen-bond donors (Lipinski definition) is 0. The third-order valence-corrected chi connectivity index (χ3v) is 11.3. The van der Waals surface area contributed by atoms with Crippen molar-refractivity contribution in [1.82, 2.24) is 19.8 Å². The van der Waals surface area contributed by atoms with Crippen LogP contribution in [0.1, 0.15) is 88.7 Å². The van der Waals surface area contributed by atoms with E-state index in [2.05, 4.69) is 59.2 Å². The second kappa shape index (κ2) is 12.0. The monoisotopic (exact) mass is 653 g/mol. The van der Waals surface area contributed by atoms with Gasteiger partial charge >= 0.3 is 12.1 Å². The van der Waals surface area contributed by atoms with Crippen molar-refractivity contribution >= 4 is 28.1 Å². The summed E-state index contributed by atoms with van der Waals surface area (Å²) in [6.07, 6.45) is 8.08. The molecule has 1 aromatic heterocycles. The normalized spacial score (nSPS) is 26.9. The average Bonchev–Trinajstić information content (AvgIpc) is 3.68. The highest BCUT2D eigenvalue weighted by atomic mass is 19.1. The second-order valence-corrected chi connectivity index (χ2v) is 15.5. The fourth-order valence-corrected chi connectivity index (χ4v) is 9.15. The zero-order chi connectivity index (χ0) is 33.2. The lowest BCUT2D eigenvalue weighted by Gasteiger charge is -2.36. The number of amides is 1. The third kappa shape index (κ3) is 5.61. The van der Waals surface area contributed by atoms with Gasteiger partial charge in [-0.05, 0) is 94.9 Å². The lowest BCUT2D eigenvalue weighted by atomic mass is 9.92. The maximum absolute atomic E-state index is 14.6. The molecule has 2 aromatic carbocycles. The van der Waals surface area contributed by atoms with Crippen LogP contribution in [-0.4, -0.2) is 81.5 Å². The standard InChI is InChI=1S/C39H48FN5O3/c1-5-25-9-6-10-26-11-7-12-33(34(25)26)43-18-15-31-32(23-43)41-36(47-24-39-16-8-17-44(39)22-28(40)21-39)42-35(31)27-19-29-13-14-30(20-27)45(29)37(46)48-38(2,3)4/h6-7,9-12,19,28-30H,5,8,13-18,20-24H2,1-4H3/t28-,29?,30?,39+/m1/s1. The van der Waals surface area contributed by atoms with Crippen LogP contribution >= 0.6 is 0 Å². The third-order valence-electron chi connectivity index (χ3n) is 11.3. The Morgan fingerprint density at radius 3 is 2.73 bits per heavy atom. The number of rotatable bonds is 6. The first-order valence-electron chi connectivity index (χ1n) is 18.0. The van der Waals surface area contributed by atoms with Gasteiger partial charge in [-0.3, -0.25) is 9.80 Å². The van der Waals surface area contributed by atoms with Crippen molar-refractivity contribution in [2.24, 2.45) is 0 Å². The quantitative estimate of drug-likeness (QED) is 0.277. The number of ether oxygens (including phenoxy) is 2. The molecule has 6 heterocycles. The van der Waals surface area contributed by atoms with Gasteiger partial charge in [-0.25, -0.2) is 9.18 Å². The van der Waals surface area contributed by atoms with Gasteiger partial charge in [0.05, 0.1) is 29.5 Å². The van der Waals surface area contributed by atoms with Crippen LogP contribution in [0.15, 0.2) is 42.5 Å². The maximum Gasteiger partial charge on any atom is 0.411 e. The van der Waals surface area contributed by atoms with Gasteiger partial charge in [-0.1, -0.05) is 43.3 Å². The Hall–Kier alpha value is -3.72. The molecule has 3 fully saturated rings. The van der Waals surface area contributed by atoms with Crippen molar-refractivity contribution in [2.45, 2.75) is 115 Å². The van der Waals surface area contributed by atoms with Crippen LogP contribution in [0.3, 0.4) is 0 Å². The van der Waals surface area contributed by atoms with Crippen LogP contribution < -0.4 is 9.64 Å². The number of benzene rings is 2. The lowest BCUT2D eigenvalue weighted by molar-refractivity contribution is 0.0175. The van der Waals surface area contributed by atoms with Crippen molar-refractivity contribution in [3.8, 4) is 6.01 Å². The van der Waals surface area contributed by atoms with Gasteiger partial charge in [0.2, 0.25) is 0 Å². The van der Waals surface area contributed by atoms with E-state index in [1.54, 1.807) is 0 Å². The first kappa shape index (κ1) is 31.5. The number of halogens is 1. The SMILES string of the molecule is CCc1cccc2cccc(N3CCc4c(nc(OC[C@@]56CCCN5C[C@H](F)C6)nc4C4=CC5CCC(C4)N5C(=O)OC(C)(C)C)C3)c12. The molecular formula is C39H48FN5O3. The number of alkyl halides is 1. The number of aromatic nitrogens is 2. The fourth-order valence-electron chi connectivity index (χ4n) is 9.15. The Balaban J connectivity index is 1.15. The van der Waals surface area contributed by atoms with Crippen LogP contribution in [-0.2, 0) is 24.1 Å². The van der Waals surface area contributed by atoms with Crippen molar-refractivity contribution in [2.75, 3.05) is 31.1 Å². The van der Waals surface area contributed by atoms with Gasteiger partial charge < -0.3 is 14.4 Å². The van der Waals surface area contributed by atoms with E-state index in [-0.39, 0.29) is 23.7 Å². The molecule has 0 N–H and O–H groups in total.